The van der Waals surface area contributed by atoms with Crippen LogP contribution in [0.2, 0.25) is 0 Å². The topological polar surface area (TPSA) is 233 Å². The van der Waals surface area contributed by atoms with Crippen LogP contribution in [0.5, 0.6) is 0 Å². The zero-order valence-electron chi connectivity index (χ0n) is 44.8. The van der Waals surface area contributed by atoms with Crippen molar-refractivity contribution in [3.63, 3.8) is 0 Å². The van der Waals surface area contributed by atoms with Crippen molar-refractivity contribution in [1.82, 2.24) is 30.4 Å². The summed E-state index contributed by atoms with van der Waals surface area (Å²) in [6, 6.07) is 19.4. The van der Waals surface area contributed by atoms with Crippen molar-refractivity contribution in [2.24, 2.45) is 0 Å². The van der Waals surface area contributed by atoms with Gasteiger partial charge in [-0.05, 0) is 112 Å². The quantitative estimate of drug-likeness (QED) is 0.0411. The van der Waals surface area contributed by atoms with E-state index in [4.69, 9.17) is 27.8 Å². The number of rotatable bonds is 20. The Morgan fingerprint density at radius 1 is 0.625 bits per heavy atom. The number of aryl methyl sites for hydroxylation is 2. The number of carbonyl (C=O) groups is 2. The van der Waals surface area contributed by atoms with Crippen LogP contribution in [-0.2, 0) is 53.2 Å². The summed E-state index contributed by atoms with van der Waals surface area (Å²) in [7, 11) is -3.98. The first-order valence-electron chi connectivity index (χ1n) is 24.2. The van der Waals surface area contributed by atoms with Crippen LogP contribution in [0.1, 0.15) is 94.8 Å². The third-order valence-electron chi connectivity index (χ3n) is 10.9. The molecular weight excluding hydrogens is 1150 g/mol. The van der Waals surface area contributed by atoms with E-state index in [-0.39, 0.29) is 58.0 Å². The smallest absolute Gasteiger partial charge is 0.426 e. The Kier molecular flexibility index (Phi) is 20.6. The maximum absolute atomic E-state index is 14.7. The van der Waals surface area contributed by atoms with Crippen LogP contribution >= 0.6 is 15.9 Å². The highest BCUT2D eigenvalue weighted by Crippen LogP contribution is 2.48. The number of allylic oxidation sites excluding steroid dienone is 1. The first-order chi connectivity index (χ1) is 37.3. The van der Waals surface area contributed by atoms with Crippen LogP contribution in [0.3, 0.4) is 0 Å². The molecule has 0 saturated carbocycles. The van der Waals surface area contributed by atoms with E-state index in [0.717, 1.165) is 12.2 Å². The Morgan fingerprint density at radius 3 is 1.40 bits per heavy atom. The van der Waals surface area contributed by atoms with Gasteiger partial charge in [0.05, 0.1) is 30.3 Å². The van der Waals surface area contributed by atoms with E-state index in [1.54, 1.807) is 115 Å². The van der Waals surface area contributed by atoms with Gasteiger partial charge in [0.1, 0.15) is 15.8 Å². The number of halogens is 7. The Labute approximate surface area is 466 Å². The molecule has 0 saturated heterocycles. The molecule has 2 amide bonds. The van der Waals surface area contributed by atoms with Gasteiger partial charge in [0, 0.05) is 12.8 Å². The average molecular weight is 1210 g/mol. The molecule has 4 aromatic heterocycles. The first-order valence-corrected chi connectivity index (χ1v) is 26.6. The van der Waals surface area contributed by atoms with Crippen molar-refractivity contribution >= 4 is 49.3 Å². The van der Waals surface area contributed by atoms with Crippen LogP contribution in [0.25, 0.3) is 23.2 Å². The van der Waals surface area contributed by atoms with Gasteiger partial charge in [0.25, 0.3) is 23.6 Å². The Bertz CT molecular complexity index is 3260. The first kappa shape index (κ1) is 63.5. The number of pyridine rings is 2. The zero-order valence-corrected chi connectivity index (χ0v) is 47.2. The molecule has 26 heteroatoms. The molecule has 0 aliphatic carbocycles. The van der Waals surface area contributed by atoms with E-state index in [2.05, 4.69) is 76.7 Å². The van der Waals surface area contributed by atoms with Crippen molar-refractivity contribution < 1.29 is 72.1 Å². The Hall–Kier alpha value is -7.29. The minimum atomic E-state index is -5.04. The molecule has 0 fully saturated rings. The van der Waals surface area contributed by atoms with Crippen LogP contribution in [-0.4, -0.2) is 80.3 Å². The number of nitrogens with one attached hydrogen (secondary N) is 2. The summed E-state index contributed by atoms with van der Waals surface area (Å²) in [4.78, 5) is 33.5. The largest absolute Gasteiger partial charge is 0.444 e. The predicted octanol–water partition coefficient (Wildman–Crippen LogP) is 13.8. The number of carbonyl (C=O) groups excluding carboxylic acids is 2. The van der Waals surface area contributed by atoms with Gasteiger partial charge >= 0.3 is 24.5 Å². The minimum absolute atomic E-state index is 0.0557. The van der Waals surface area contributed by atoms with E-state index in [9.17, 15) is 44.3 Å². The number of nitrogens with zero attached hydrogens (tertiary/aromatic N) is 6. The minimum Gasteiger partial charge on any atom is -0.444 e. The second kappa shape index (κ2) is 25.9. The summed E-state index contributed by atoms with van der Waals surface area (Å²) < 4.78 is 146. The standard InChI is InChI=1S/C29H33F3N4O6S.C25H26BrF3N4O4/c1-7-9-16-43(38,39)24-19(3)17-21(33-26(37)42-27(4,5)6)22(34-24)23-35-36-25(41-23)28(15-8-2,29(30,31)32)40-18-20-13-11-10-12-14-20;1-6-12-24(25(27,28)29,35-14-16-10-8-7-9-11-16)21-33-32-20(36-21)18-17(13-15(2)19(26)31-18)30-22(34)37-23(3,4)5/h7-8,10-14,17H,1-2,9,15-16,18H2,3-6H3,(H,33,37);6-11,13H,1,12,14H2,2-5H3,(H,30,34). The maximum atomic E-state index is 14.7. The molecule has 430 valence electrons. The van der Waals surface area contributed by atoms with Crippen molar-refractivity contribution in [2.75, 3.05) is 16.4 Å². The van der Waals surface area contributed by atoms with Crippen molar-refractivity contribution in [3.8, 4) is 23.2 Å². The summed E-state index contributed by atoms with van der Waals surface area (Å²) in [5.41, 5.74) is -6.44. The van der Waals surface area contributed by atoms with Gasteiger partial charge in [0.15, 0.2) is 26.3 Å². The number of sulfone groups is 1. The molecule has 0 spiro atoms. The molecule has 0 aliphatic heterocycles. The summed E-state index contributed by atoms with van der Waals surface area (Å²) in [5, 5.41) is 19.5. The number of amides is 2. The molecule has 2 aromatic carbocycles. The highest BCUT2D eigenvalue weighted by atomic mass is 79.9. The van der Waals surface area contributed by atoms with E-state index in [1.807, 2.05) is 0 Å². The number of anilines is 2. The van der Waals surface area contributed by atoms with Gasteiger partial charge in [-0.2, -0.15) is 26.3 Å². The molecule has 4 heterocycles. The lowest BCUT2D eigenvalue weighted by Gasteiger charge is -2.31. The monoisotopic (exact) mass is 1200 g/mol. The average Bonchev–Trinajstić information content (AvgIpc) is 4.26. The number of benzene rings is 2. The fourth-order valence-electron chi connectivity index (χ4n) is 7.17. The number of hydrogen-bond donors (Lipinski definition) is 2. The summed E-state index contributed by atoms with van der Waals surface area (Å²) in [5.74, 6) is -3.08. The van der Waals surface area contributed by atoms with Gasteiger partial charge in [0.2, 0.25) is 11.2 Å². The maximum Gasteiger partial charge on any atom is 0.426 e. The van der Waals surface area contributed by atoms with Crippen molar-refractivity contribution in [2.45, 2.75) is 128 Å². The molecule has 0 bridgehead atoms. The van der Waals surface area contributed by atoms with Gasteiger partial charge in [-0.1, -0.05) is 78.9 Å². The lowest BCUT2D eigenvalue weighted by molar-refractivity contribution is -0.296. The lowest BCUT2D eigenvalue weighted by atomic mass is 9.98. The normalized spacial score (nSPS) is 13.6. The Balaban J connectivity index is 0.000000297. The molecule has 0 radical (unpaired) electrons. The third-order valence-corrected chi connectivity index (χ3v) is 13.4. The third kappa shape index (κ3) is 16.2. The van der Waals surface area contributed by atoms with Crippen LogP contribution in [0.15, 0.2) is 129 Å². The van der Waals surface area contributed by atoms with Gasteiger partial charge in [-0.15, -0.1) is 40.1 Å². The Morgan fingerprint density at radius 2 is 1.02 bits per heavy atom. The molecule has 18 nitrogen and oxygen atoms in total. The van der Waals surface area contributed by atoms with E-state index >= 15 is 0 Å². The second-order valence-electron chi connectivity index (χ2n) is 19.7. The van der Waals surface area contributed by atoms with E-state index < -0.39 is 93.9 Å². The molecule has 0 aliphatic rings. The van der Waals surface area contributed by atoms with Crippen molar-refractivity contribution in [3.05, 3.63) is 149 Å². The van der Waals surface area contributed by atoms with Gasteiger partial charge in [-0.3, -0.25) is 10.6 Å². The fourth-order valence-corrected chi connectivity index (χ4v) is 8.91. The molecule has 2 unspecified atom stereocenters. The second-order valence-corrected chi connectivity index (χ2v) is 22.4. The summed E-state index contributed by atoms with van der Waals surface area (Å²) in [6.07, 6.45) is -9.55. The molecule has 6 rings (SSSR count). The zero-order chi connectivity index (χ0) is 59.5. The number of hydrogen-bond acceptors (Lipinski definition) is 16. The van der Waals surface area contributed by atoms with Crippen LogP contribution in [0.4, 0.5) is 47.3 Å². The number of alkyl halides is 6. The van der Waals surface area contributed by atoms with Crippen molar-refractivity contribution in [1.29, 1.82) is 0 Å². The van der Waals surface area contributed by atoms with Crippen LogP contribution < -0.4 is 10.6 Å². The molecule has 2 N–H and O–H groups in total. The number of ether oxygens (including phenoxy) is 4. The molecule has 80 heavy (non-hydrogen) atoms. The summed E-state index contributed by atoms with van der Waals surface area (Å²) in [6.45, 7) is 22.7. The highest BCUT2D eigenvalue weighted by Gasteiger charge is 2.62. The fraction of sp³-hybridized carbons (Fsp3) is 0.370. The summed E-state index contributed by atoms with van der Waals surface area (Å²) >= 11 is 3.28. The molecule has 2 atom stereocenters. The van der Waals surface area contributed by atoms with E-state index in [0.29, 0.717) is 21.3 Å². The lowest BCUT2D eigenvalue weighted by Crippen LogP contribution is -2.45. The van der Waals surface area contributed by atoms with E-state index in [1.165, 1.54) is 19.1 Å². The SMILES string of the molecule is C=CCC(OCc1ccccc1)(c1nnc(-c2nc(Br)c(C)cc2NC(=O)OC(C)(C)C)o1)C(F)(F)F.C=CCCS(=O)(=O)c1nc(-c2nnc(C(CC=C)(OCc3ccccc3)C(F)(F)F)o2)c(NC(=O)OC(C)(C)C)cc1C. The number of aromatic nitrogens is 6. The van der Waals surface area contributed by atoms with Gasteiger partial charge in [-0.25, -0.2) is 28.0 Å². The molecule has 6 aromatic rings. The van der Waals surface area contributed by atoms with Gasteiger partial charge < -0.3 is 27.8 Å². The predicted molar refractivity (Wildman–Crippen MR) is 286 cm³/mol. The molecular formula is C54H59BrF6N8O10S. The highest BCUT2D eigenvalue weighted by molar-refractivity contribution is 9.10. The van der Waals surface area contributed by atoms with Crippen LogP contribution in [0, 0.1) is 13.8 Å².